The highest BCUT2D eigenvalue weighted by Crippen LogP contribution is 2.39. The van der Waals surface area contributed by atoms with Gasteiger partial charge in [-0.05, 0) is 42.5 Å². The van der Waals surface area contributed by atoms with Gasteiger partial charge in [-0.2, -0.15) is 0 Å². The Morgan fingerprint density at radius 3 is 2.73 bits per heavy atom. The molecule has 6 heteroatoms. The van der Waals surface area contributed by atoms with Crippen molar-refractivity contribution in [2.75, 3.05) is 13.2 Å². The third-order valence-electron chi connectivity index (χ3n) is 5.06. The van der Waals surface area contributed by atoms with Crippen LogP contribution in [0.5, 0.6) is 5.75 Å². The topological polar surface area (TPSA) is 58.6 Å². The molecule has 1 spiro atoms. The zero-order valence-electron chi connectivity index (χ0n) is 14.2. The molecule has 134 valence electrons. The molecule has 1 aliphatic carbocycles. The molecule has 1 atom stereocenters. The summed E-state index contributed by atoms with van der Waals surface area (Å²) < 4.78 is 5.63. The van der Waals surface area contributed by atoms with E-state index >= 15 is 0 Å². The number of hydrogen-bond donors (Lipinski definition) is 1. The number of fused-ring (bicyclic) bond motifs is 2. The molecule has 2 aromatic carbocycles. The lowest BCUT2D eigenvalue weighted by atomic mass is 9.76. The van der Waals surface area contributed by atoms with Crippen LogP contribution in [0.3, 0.4) is 0 Å². The summed E-state index contributed by atoms with van der Waals surface area (Å²) in [5.74, 6) is 0.344. The number of nitrogens with zero attached hydrogens (tertiary/aromatic N) is 1. The van der Waals surface area contributed by atoms with E-state index in [0.29, 0.717) is 17.2 Å². The van der Waals surface area contributed by atoms with Crippen LogP contribution in [0.15, 0.2) is 48.5 Å². The SMILES string of the molecule is O=C1N[C@@]2(CCCc3ccccc32)C(=O)N1CCOc1ccccc1Cl. The lowest BCUT2D eigenvalue weighted by Crippen LogP contribution is -2.46. The van der Waals surface area contributed by atoms with Crippen LogP contribution in [0.4, 0.5) is 4.79 Å². The standard InChI is InChI=1S/C20H19ClN2O3/c21-16-9-3-4-10-17(16)26-13-12-23-18(24)20(22-19(23)25)11-5-7-14-6-1-2-8-15(14)20/h1-4,6,8-10H,5,7,11-13H2,(H,22,25)/t20-/m1/s1. The molecule has 2 aliphatic rings. The van der Waals surface area contributed by atoms with Crippen LogP contribution in [-0.4, -0.2) is 30.0 Å². The summed E-state index contributed by atoms with van der Waals surface area (Å²) >= 11 is 6.06. The van der Waals surface area contributed by atoms with E-state index in [9.17, 15) is 9.59 Å². The lowest BCUT2D eigenvalue weighted by Gasteiger charge is -2.33. The molecule has 0 unspecified atom stereocenters. The molecule has 0 saturated carbocycles. The Bertz CT molecular complexity index is 870. The van der Waals surface area contributed by atoms with E-state index in [2.05, 4.69) is 5.32 Å². The Morgan fingerprint density at radius 1 is 1.12 bits per heavy atom. The number of benzene rings is 2. The number of aryl methyl sites for hydroxylation is 1. The second kappa shape index (κ2) is 6.65. The molecule has 0 aromatic heterocycles. The van der Waals surface area contributed by atoms with Gasteiger partial charge in [0.15, 0.2) is 0 Å². The summed E-state index contributed by atoms with van der Waals surface area (Å²) in [5, 5.41) is 3.44. The molecule has 1 N–H and O–H groups in total. The quantitative estimate of drug-likeness (QED) is 0.838. The maximum absolute atomic E-state index is 13.1. The van der Waals surface area contributed by atoms with Gasteiger partial charge in [-0.25, -0.2) is 4.79 Å². The Hall–Kier alpha value is -2.53. The molecule has 2 aromatic rings. The summed E-state index contributed by atoms with van der Waals surface area (Å²) in [5.41, 5.74) is 1.11. The van der Waals surface area contributed by atoms with Crippen molar-refractivity contribution in [2.24, 2.45) is 0 Å². The predicted molar refractivity (Wildman–Crippen MR) is 98.2 cm³/mol. The Kier molecular flexibility index (Phi) is 4.32. The van der Waals surface area contributed by atoms with Crippen molar-refractivity contribution in [3.63, 3.8) is 0 Å². The third-order valence-corrected chi connectivity index (χ3v) is 5.37. The number of carbonyl (C=O) groups is 2. The van der Waals surface area contributed by atoms with Crippen LogP contribution in [-0.2, 0) is 16.8 Å². The average molecular weight is 371 g/mol. The first kappa shape index (κ1) is 16.9. The first-order valence-corrected chi connectivity index (χ1v) is 9.09. The van der Waals surface area contributed by atoms with Crippen LogP contribution >= 0.6 is 11.6 Å². The van der Waals surface area contributed by atoms with Crippen molar-refractivity contribution >= 4 is 23.5 Å². The predicted octanol–water partition coefficient (Wildman–Crippen LogP) is 3.50. The number of nitrogens with one attached hydrogen (secondary N) is 1. The first-order valence-electron chi connectivity index (χ1n) is 8.72. The molecule has 1 fully saturated rings. The van der Waals surface area contributed by atoms with Gasteiger partial charge >= 0.3 is 6.03 Å². The van der Waals surface area contributed by atoms with E-state index < -0.39 is 5.54 Å². The number of para-hydroxylation sites is 1. The van der Waals surface area contributed by atoms with Crippen LogP contribution in [0.1, 0.15) is 24.0 Å². The Morgan fingerprint density at radius 2 is 1.88 bits per heavy atom. The van der Waals surface area contributed by atoms with Gasteiger partial charge in [-0.15, -0.1) is 0 Å². The first-order chi connectivity index (χ1) is 12.6. The van der Waals surface area contributed by atoms with Gasteiger partial charge in [-0.3, -0.25) is 9.69 Å². The van der Waals surface area contributed by atoms with Crippen molar-refractivity contribution in [3.8, 4) is 5.75 Å². The highest BCUT2D eigenvalue weighted by Gasteiger charge is 2.53. The number of imide groups is 1. The fraction of sp³-hybridized carbons (Fsp3) is 0.300. The van der Waals surface area contributed by atoms with Crippen LogP contribution in [0, 0.1) is 0 Å². The van der Waals surface area contributed by atoms with E-state index in [4.69, 9.17) is 16.3 Å². The highest BCUT2D eigenvalue weighted by molar-refractivity contribution is 6.32. The molecule has 1 heterocycles. The van der Waals surface area contributed by atoms with Gasteiger partial charge in [0, 0.05) is 0 Å². The summed E-state index contributed by atoms with van der Waals surface area (Å²) in [4.78, 5) is 26.9. The van der Waals surface area contributed by atoms with E-state index in [1.807, 2.05) is 36.4 Å². The van der Waals surface area contributed by atoms with E-state index in [1.165, 1.54) is 4.90 Å². The maximum Gasteiger partial charge on any atom is 0.325 e. The van der Waals surface area contributed by atoms with Crippen molar-refractivity contribution < 1.29 is 14.3 Å². The third kappa shape index (κ3) is 2.72. The van der Waals surface area contributed by atoms with E-state index in [0.717, 1.165) is 24.0 Å². The zero-order valence-corrected chi connectivity index (χ0v) is 15.0. The van der Waals surface area contributed by atoms with Gasteiger partial charge in [-0.1, -0.05) is 48.0 Å². The number of amides is 3. The van der Waals surface area contributed by atoms with Gasteiger partial charge in [0.1, 0.15) is 17.9 Å². The molecule has 5 nitrogen and oxygen atoms in total. The monoisotopic (exact) mass is 370 g/mol. The number of carbonyl (C=O) groups excluding carboxylic acids is 2. The molecular weight excluding hydrogens is 352 g/mol. The Balaban J connectivity index is 1.51. The number of urea groups is 1. The molecule has 0 radical (unpaired) electrons. The lowest BCUT2D eigenvalue weighted by molar-refractivity contribution is -0.132. The van der Waals surface area contributed by atoms with Crippen molar-refractivity contribution in [2.45, 2.75) is 24.8 Å². The molecule has 1 aliphatic heterocycles. The molecule has 0 bridgehead atoms. The second-order valence-corrected chi connectivity index (χ2v) is 6.99. The van der Waals surface area contributed by atoms with Gasteiger partial charge in [0.2, 0.25) is 0 Å². The Labute approximate surface area is 156 Å². The average Bonchev–Trinajstić information content (AvgIpc) is 2.88. The number of hydrogen-bond acceptors (Lipinski definition) is 3. The maximum atomic E-state index is 13.1. The minimum Gasteiger partial charge on any atom is -0.490 e. The van der Waals surface area contributed by atoms with Crippen molar-refractivity contribution in [1.82, 2.24) is 10.2 Å². The smallest absolute Gasteiger partial charge is 0.325 e. The molecule has 1 saturated heterocycles. The summed E-state index contributed by atoms with van der Waals surface area (Å²) in [6, 6.07) is 14.6. The van der Waals surface area contributed by atoms with Gasteiger partial charge in [0.05, 0.1) is 11.6 Å². The molecular formula is C20H19ClN2O3. The van der Waals surface area contributed by atoms with Gasteiger partial charge < -0.3 is 10.1 Å². The molecule has 4 rings (SSSR count). The minimum atomic E-state index is -0.934. The summed E-state index contributed by atoms with van der Waals surface area (Å²) in [6.45, 7) is 0.375. The summed E-state index contributed by atoms with van der Waals surface area (Å²) in [7, 11) is 0. The van der Waals surface area contributed by atoms with Crippen LogP contribution < -0.4 is 10.1 Å². The fourth-order valence-electron chi connectivity index (χ4n) is 3.82. The second-order valence-electron chi connectivity index (χ2n) is 6.58. The van der Waals surface area contributed by atoms with Gasteiger partial charge in [0.25, 0.3) is 5.91 Å². The highest BCUT2D eigenvalue weighted by atomic mass is 35.5. The fourth-order valence-corrected chi connectivity index (χ4v) is 4.01. The number of ether oxygens (including phenoxy) is 1. The minimum absolute atomic E-state index is 0.180. The van der Waals surface area contributed by atoms with E-state index in [-0.39, 0.29) is 25.1 Å². The zero-order chi connectivity index (χ0) is 18.1. The number of rotatable bonds is 4. The van der Waals surface area contributed by atoms with Crippen molar-refractivity contribution in [3.05, 3.63) is 64.7 Å². The van der Waals surface area contributed by atoms with E-state index in [1.54, 1.807) is 12.1 Å². The molecule has 26 heavy (non-hydrogen) atoms. The number of halogens is 1. The normalized spacial score (nSPS) is 21.7. The van der Waals surface area contributed by atoms with Crippen LogP contribution in [0.25, 0.3) is 0 Å². The van der Waals surface area contributed by atoms with Crippen molar-refractivity contribution in [1.29, 1.82) is 0 Å². The van der Waals surface area contributed by atoms with Crippen LogP contribution in [0.2, 0.25) is 5.02 Å². The molecule has 3 amide bonds. The summed E-state index contributed by atoms with van der Waals surface area (Å²) in [6.07, 6.45) is 2.42. The largest absolute Gasteiger partial charge is 0.490 e.